The quantitative estimate of drug-likeness (QED) is 0.658. The molecule has 0 bridgehead atoms. The Labute approximate surface area is 149 Å². The number of amides is 1. The minimum absolute atomic E-state index is 0.0519. The van der Waals surface area contributed by atoms with Gasteiger partial charge in [0.2, 0.25) is 0 Å². The smallest absolute Gasteiger partial charge is 0.261 e. The number of hydrogen-bond acceptors (Lipinski definition) is 6. The van der Waals surface area contributed by atoms with Crippen LogP contribution in [0.2, 0.25) is 0 Å². The molecule has 0 aliphatic heterocycles. The zero-order chi connectivity index (χ0) is 17.4. The molecule has 130 valence electrons. The predicted molar refractivity (Wildman–Crippen MR) is 97.2 cm³/mol. The van der Waals surface area contributed by atoms with Crippen molar-refractivity contribution < 1.29 is 9.32 Å². The number of aromatic nitrogens is 3. The zero-order valence-corrected chi connectivity index (χ0v) is 15.2. The molecule has 6 nitrogen and oxygen atoms in total. The Morgan fingerprint density at radius 2 is 2.28 bits per heavy atom. The van der Waals surface area contributed by atoms with Gasteiger partial charge in [-0.1, -0.05) is 18.5 Å². The van der Waals surface area contributed by atoms with Gasteiger partial charge in [0.25, 0.3) is 11.6 Å². The molecule has 1 saturated carbocycles. The highest BCUT2D eigenvalue weighted by atomic mass is 32.1. The summed E-state index contributed by atoms with van der Waals surface area (Å²) in [6, 6.07) is 1.93. The monoisotopic (exact) mass is 356 g/mol. The van der Waals surface area contributed by atoms with E-state index in [-0.39, 0.29) is 5.91 Å². The number of hydrogen-bond donors (Lipinski definition) is 0. The van der Waals surface area contributed by atoms with Crippen LogP contribution in [0.1, 0.15) is 60.3 Å². The molecule has 3 aromatic rings. The number of fused-ring (bicyclic) bond motifs is 1. The summed E-state index contributed by atoms with van der Waals surface area (Å²) in [5.74, 6) is 0.384. The molecule has 0 aromatic carbocycles. The van der Waals surface area contributed by atoms with E-state index in [1.807, 2.05) is 18.4 Å². The standard InChI is InChI=1S/C18H20N4O2S/c1-3-4-8-22(18-19-7-9-25-18)17(23)13-10-14(12-5-6-12)20-16-15(13)11(2)21-24-16/h7,9-10,12H,3-6,8H2,1-2H3. The van der Waals surface area contributed by atoms with Crippen molar-refractivity contribution in [1.29, 1.82) is 0 Å². The number of nitrogens with zero attached hydrogens (tertiary/aromatic N) is 4. The highest BCUT2D eigenvalue weighted by Crippen LogP contribution is 2.40. The van der Waals surface area contributed by atoms with Crippen molar-refractivity contribution in [2.45, 2.75) is 45.4 Å². The molecule has 1 fully saturated rings. The molecule has 0 spiro atoms. The maximum atomic E-state index is 13.4. The average Bonchev–Trinajstić information content (AvgIpc) is 3.21. The first-order valence-corrected chi connectivity index (χ1v) is 9.55. The maximum Gasteiger partial charge on any atom is 0.261 e. The van der Waals surface area contributed by atoms with E-state index in [1.165, 1.54) is 11.3 Å². The van der Waals surface area contributed by atoms with Crippen LogP contribution in [0.5, 0.6) is 0 Å². The van der Waals surface area contributed by atoms with E-state index in [0.29, 0.717) is 34.8 Å². The van der Waals surface area contributed by atoms with Gasteiger partial charge in [0.05, 0.1) is 16.6 Å². The molecule has 1 aliphatic rings. The van der Waals surface area contributed by atoms with Crippen LogP contribution in [-0.2, 0) is 0 Å². The molecule has 0 saturated heterocycles. The van der Waals surface area contributed by atoms with E-state index in [1.54, 1.807) is 11.1 Å². The molecule has 3 aromatic heterocycles. The first-order chi connectivity index (χ1) is 12.2. The minimum Gasteiger partial charge on any atom is -0.336 e. The lowest BCUT2D eigenvalue weighted by atomic mass is 10.1. The van der Waals surface area contributed by atoms with Gasteiger partial charge in [-0.3, -0.25) is 9.69 Å². The summed E-state index contributed by atoms with van der Waals surface area (Å²) in [4.78, 5) is 24.1. The number of thiazole rings is 1. The fraction of sp³-hybridized carbons (Fsp3) is 0.444. The van der Waals surface area contributed by atoms with Gasteiger partial charge < -0.3 is 4.52 Å². The molecule has 4 rings (SSSR count). The van der Waals surface area contributed by atoms with Crippen molar-refractivity contribution in [2.75, 3.05) is 11.4 Å². The van der Waals surface area contributed by atoms with E-state index in [4.69, 9.17) is 4.52 Å². The van der Waals surface area contributed by atoms with Gasteiger partial charge in [-0.25, -0.2) is 9.97 Å². The molecule has 0 N–H and O–H groups in total. The van der Waals surface area contributed by atoms with Crippen LogP contribution in [0.4, 0.5) is 5.13 Å². The van der Waals surface area contributed by atoms with Gasteiger partial charge in [-0.05, 0) is 32.3 Å². The number of rotatable bonds is 6. The molecule has 1 amide bonds. The van der Waals surface area contributed by atoms with Crippen molar-refractivity contribution in [3.63, 3.8) is 0 Å². The van der Waals surface area contributed by atoms with Crippen molar-refractivity contribution >= 4 is 33.5 Å². The largest absolute Gasteiger partial charge is 0.336 e. The summed E-state index contributed by atoms with van der Waals surface area (Å²) in [5, 5.41) is 7.36. The van der Waals surface area contributed by atoms with E-state index in [0.717, 1.165) is 36.5 Å². The third kappa shape index (κ3) is 3.04. The van der Waals surface area contributed by atoms with E-state index < -0.39 is 0 Å². The summed E-state index contributed by atoms with van der Waals surface area (Å²) in [5.41, 5.74) is 2.71. The van der Waals surface area contributed by atoms with Crippen LogP contribution < -0.4 is 4.90 Å². The molecule has 0 radical (unpaired) electrons. The highest BCUT2D eigenvalue weighted by Gasteiger charge is 2.30. The highest BCUT2D eigenvalue weighted by molar-refractivity contribution is 7.13. The second kappa shape index (κ2) is 6.55. The maximum absolute atomic E-state index is 13.4. The number of carbonyl (C=O) groups excluding carboxylic acids is 1. The number of carbonyl (C=O) groups is 1. The van der Waals surface area contributed by atoms with Gasteiger partial charge in [-0.2, -0.15) is 0 Å². The molecular weight excluding hydrogens is 336 g/mol. The summed E-state index contributed by atoms with van der Waals surface area (Å²) in [6.45, 7) is 4.61. The number of unbranched alkanes of at least 4 members (excludes halogenated alkanes) is 1. The predicted octanol–water partition coefficient (Wildman–Crippen LogP) is 4.31. The first kappa shape index (κ1) is 16.2. The van der Waals surface area contributed by atoms with Crippen molar-refractivity contribution in [3.05, 3.63) is 34.6 Å². The number of anilines is 1. The molecular formula is C18H20N4O2S. The van der Waals surface area contributed by atoms with Crippen LogP contribution in [0.25, 0.3) is 11.1 Å². The van der Waals surface area contributed by atoms with Gasteiger partial charge in [-0.15, -0.1) is 11.3 Å². The van der Waals surface area contributed by atoms with Gasteiger partial charge in [0, 0.05) is 29.7 Å². The Bertz CT molecular complexity index is 899. The fourth-order valence-electron chi connectivity index (χ4n) is 2.97. The lowest BCUT2D eigenvalue weighted by Crippen LogP contribution is -2.32. The number of aryl methyl sites for hydroxylation is 1. The van der Waals surface area contributed by atoms with Crippen LogP contribution in [0.15, 0.2) is 22.2 Å². The second-order valence-corrected chi connectivity index (χ2v) is 7.32. The van der Waals surface area contributed by atoms with Crippen LogP contribution >= 0.6 is 11.3 Å². The summed E-state index contributed by atoms with van der Waals surface area (Å²) in [6.07, 6.45) is 5.91. The molecule has 0 atom stereocenters. The van der Waals surface area contributed by atoms with Gasteiger partial charge >= 0.3 is 0 Å². The van der Waals surface area contributed by atoms with Crippen molar-refractivity contribution in [2.24, 2.45) is 0 Å². The van der Waals surface area contributed by atoms with E-state index in [2.05, 4.69) is 22.0 Å². The third-order valence-corrected chi connectivity index (χ3v) is 5.29. The van der Waals surface area contributed by atoms with Crippen LogP contribution in [0, 0.1) is 6.92 Å². The zero-order valence-electron chi connectivity index (χ0n) is 14.4. The Kier molecular flexibility index (Phi) is 4.25. The Hall–Kier alpha value is -2.28. The molecule has 1 aliphatic carbocycles. The molecule has 0 unspecified atom stereocenters. The molecule has 3 heterocycles. The van der Waals surface area contributed by atoms with E-state index in [9.17, 15) is 4.79 Å². The summed E-state index contributed by atoms with van der Waals surface area (Å²) < 4.78 is 5.36. The minimum atomic E-state index is -0.0519. The second-order valence-electron chi connectivity index (χ2n) is 6.44. The van der Waals surface area contributed by atoms with Crippen LogP contribution in [0.3, 0.4) is 0 Å². The average molecular weight is 356 g/mol. The molecule has 25 heavy (non-hydrogen) atoms. The van der Waals surface area contributed by atoms with Crippen LogP contribution in [-0.4, -0.2) is 27.6 Å². The molecule has 7 heteroatoms. The SMILES string of the molecule is CCCCN(C(=O)c1cc(C2CC2)nc2onc(C)c12)c1nccs1. The Balaban J connectivity index is 1.80. The lowest BCUT2D eigenvalue weighted by molar-refractivity contribution is 0.0988. The first-order valence-electron chi connectivity index (χ1n) is 8.67. The normalized spacial score (nSPS) is 14.2. The fourth-order valence-corrected chi connectivity index (χ4v) is 3.63. The van der Waals surface area contributed by atoms with Gasteiger partial charge in [0.1, 0.15) is 0 Å². The lowest BCUT2D eigenvalue weighted by Gasteiger charge is -2.20. The number of pyridine rings is 1. The Morgan fingerprint density at radius 1 is 1.44 bits per heavy atom. The summed E-state index contributed by atoms with van der Waals surface area (Å²) in [7, 11) is 0. The van der Waals surface area contributed by atoms with Crippen molar-refractivity contribution in [1.82, 2.24) is 15.1 Å². The van der Waals surface area contributed by atoms with Crippen molar-refractivity contribution in [3.8, 4) is 0 Å². The summed E-state index contributed by atoms with van der Waals surface area (Å²) >= 11 is 1.48. The van der Waals surface area contributed by atoms with E-state index >= 15 is 0 Å². The Morgan fingerprint density at radius 3 is 2.96 bits per heavy atom. The van der Waals surface area contributed by atoms with Gasteiger partial charge in [0.15, 0.2) is 5.13 Å². The third-order valence-electron chi connectivity index (χ3n) is 4.49. The topological polar surface area (TPSA) is 72.1 Å².